The maximum atomic E-state index is 12.0. The van der Waals surface area contributed by atoms with Gasteiger partial charge >= 0.3 is 0 Å². The van der Waals surface area contributed by atoms with Crippen LogP contribution < -0.4 is 0 Å². The topological polar surface area (TPSA) is 21.5 Å². The molecule has 0 aliphatic carbocycles. The van der Waals surface area contributed by atoms with Gasteiger partial charge in [0.15, 0.2) is 5.78 Å². The molecule has 0 aromatic carbocycles. The second-order valence-electron chi connectivity index (χ2n) is 4.84. The van der Waals surface area contributed by atoms with Gasteiger partial charge in [-0.2, -0.15) is 0 Å². The number of pyridine rings is 1. The Labute approximate surface area is 89.5 Å². The van der Waals surface area contributed by atoms with Crippen LogP contribution in [0.4, 0.5) is 0 Å². The number of hydrogen-bond donors (Lipinski definition) is 0. The third-order valence-corrected chi connectivity index (χ3v) is 2.45. The Balaban J connectivity index is 2.50. The van der Waals surface area contributed by atoms with E-state index in [4.69, 9.17) is 0 Å². The number of ketones is 1. The standard InChI is InChI=1S/C13H15NO/c1-13(2,3)12(15)10-8-11-6-4-5-7-14(11)9-10/h4-9H,1-3H3. The van der Waals surface area contributed by atoms with Gasteiger partial charge in [-0.05, 0) is 18.2 Å². The fourth-order valence-corrected chi connectivity index (χ4v) is 1.61. The molecule has 0 radical (unpaired) electrons. The Morgan fingerprint density at radius 1 is 1.27 bits per heavy atom. The van der Waals surface area contributed by atoms with Crippen LogP contribution in [0.2, 0.25) is 0 Å². The third kappa shape index (κ3) is 1.80. The molecule has 2 aromatic rings. The van der Waals surface area contributed by atoms with Gasteiger partial charge in [0.1, 0.15) is 0 Å². The Morgan fingerprint density at radius 3 is 2.60 bits per heavy atom. The summed E-state index contributed by atoms with van der Waals surface area (Å²) >= 11 is 0. The number of nitrogens with zero attached hydrogens (tertiary/aromatic N) is 1. The van der Waals surface area contributed by atoms with Gasteiger partial charge in [0.25, 0.3) is 0 Å². The molecule has 2 aromatic heterocycles. The number of Topliss-reactive ketones (excluding diaryl/α,β-unsaturated/α-hetero) is 1. The van der Waals surface area contributed by atoms with Crippen LogP contribution in [0.15, 0.2) is 36.7 Å². The first-order valence-corrected chi connectivity index (χ1v) is 5.10. The van der Waals surface area contributed by atoms with Crippen LogP contribution in [0.25, 0.3) is 5.52 Å². The third-order valence-electron chi connectivity index (χ3n) is 2.45. The van der Waals surface area contributed by atoms with E-state index in [1.165, 1.54) is 0 Å². The molecule has 0 bridgehead atoms. The number of aromatic nitrogens is 1. The number of rotatable bonds is 1. The summed E-state index contributed by atoms with van der Waals surface area (Å²) in [5.74, 6) is 0.186. The predicted octanol–water partition coefficient (Wildman–Crippen LogP) is 3.17. The van der Waals surface area contributed by atoms with E-state index >= 15 is 0 Å². The van der Waals surface area contributed by atoms with Crippen LogP contribution in [0.5, 0.6) is 0 Å². The molecular weight excluding hydrogens is 186 g/mol. The summed E-state index contributed by atoms with van der Waals surface area (Å²) in [6.45, 7) is 5.83. The fourth-order valence-electron chi connectivity index (χ4n) is 1.61. The zero-order valence-electron chi connectivity index (χ0n) is 9.32. The van der Waals surface area contributed by atoms with Crippen LogP contribution >= 0.6 is 0 Å². The lowest BCUT2D eigenvalue weighted by atomic mass is 9.87. The number of fused-ring (bicyclic) bond motifs is 1. The van der Waals surface area contributed by atoms with Crippen LogP contribution in [-0.4, -0.2) is 10.2 Å². The van der Waals surface area contributed by atoms with Crippen molar-refractivity contribution in [2.75, 3.05) is 0 Å². The summed E-state index contributed by atoms with van der Waals surface area (Å²) in [6.07, 6.45) is 3.84. The Kier molecular flexibility index (Phi) is 2.14. The second-order valence-corrected chi connectivity index (χ2v) is 4.84. The van der Waals surface area contributed by atoms with E-state index in [2.05, 4.69) is 0 Å². The molecule has 2 heteroatoms. The van der Waals surface area contributed by atoms with E-state index in [-0.39, 0.29) is 11.2 Å². The quantitative estimate of drug-likeness (QED) is 0.649. The van der Waals surface area contributed by atoms with Crippen molar-refractivity contribution in [3.05, 3.63) is 42.2 Å². The predicted molar refractivity (Wildman–Crippen MR) is 61.2 cm³/mol. The molecule has 2 nitrogen and oxygen atoms in total. The number of hydrogen-bond acceptors (Lipinski definition) is 1. The minimum absolute atomic E-state index is 0.186. The smallest absolute Gasteiger partial charge is 0.169 e. The van der Waals surface area contributed by atoms with Crippen molar-refractivity contribution >= 4 is 11.3 Å². The van der Waals surface area contributed by atoms with Crippen LogP contribution in [0.3, 0.4) is 0 Å². The first kappa shape index (κ1) is 9.97. The second kappa shape index (κ2) is 3.23. The monoisotopic (exact) mass is 201 g/mol. The summed E-state index contributed by atoms with van der Waals surface area (Å²) in [5, 5.41) is 0. The summed E-state index contributed by atoms with van der Waals surface area (Å²) < 4.78 is 1.97. The fraction of sp³-hybridized carbons (Fsp3) is 0.308. The van der Waals surface area contributed by atoms with Crippen molar-refractivity contribution in [2.24, 2.45) is 5.41 Å². The molecular formula is C13H15NO. The van der Waals surface area contributed by atoms with Crippen molar-refractivity contribution in [3.63, 3.8) is 0 Å². The van der Waals surface area contributed by atoms with Crippen LogP contribution in [0, 0.1) is 5.41 Å². The summed E-state index contributed by atoms with van der Waals surface area (Å²) in [5.41, 5.74) is 1.53. The molecule has 0 atom stereocenters. The highest BCUT2D eigenvalue weighted by molar-refractivity contribution is 6.00. The number of carbonyl (C=O) groups excluding carboxylic acids is 1. The summed E-state index contributed by atoms with van der Waals surface area (Å²) in [7, 11) is 0. The van der Waals surface area contributed by atoms with Gasteiger partial charge in [0.2, 0.25) is 0 Å². The van der Waals surface area contributed by atoms with Crippen molar-refractivity contribution in [3.8, 4) is 0 Å². The van der Waals surface area contributed by atoms with Gasteiger partial charge in [-0.3, -0.25) is 4.79 Å². The lowest BCUT2D eigenvalue weighted by molar-refractivity contribution is 0.0858. The van der Waals surface area contributed by atoms with Crippen molar-refractivity contribution in [1.82, 2.24) is 4.40 Å². The SMILES string of the molecule is CC(C)(C)C(=O)c1cc2ccccn2c1. The van der Waals surface area contributed by atoms with Gasteiger partial charge in [-0.15, -0.1) is 0 Å². The van der Waals surface area contributed by atoms with E-state index in [1.807, 2.05) is 61.8 Å². The zero-order valence-corrected chi connectivity index (χ0v) is 9.32. The number of carbonyl (C=O) groups is 1. The highest BCUT2D eigenvalue weighted by Gasteiger charge is 2.23. The molecule has 78 valence electrons. The molecule has 0 amide bonds. The van der Waals surface area contributed by atoms with Crippen molar-refractivity contribution in [1.29, 1.82) is 0 Å². The van der Waals surface area contributed by atoms with Crippen LogP contribution in [0.1, 0.15) is 31.1 Å². The van der Waals surface area contributed by atoms with Crippen molar-refractivity contribution in [2.45, 2.75) is 20.8 Å². The highest BCUT2D eigenvalue weighted by Crippen LogP contribution is 2.22. The largest absolute Gasteiger partial charge is 0.323 e. The van der Waals surface area contributed by atoms with E-state index in [1.54, 1.807) is 0 Å². The molecule has 0 fully saturated rings. The lowest BCUT2D eigenvalue weighted by Gasteiger charge is -2.14. The van der Waals surface area contributed by atoms with E-state index in [0.717, 1.165) is 11.1 Å². The maximum Gasteiger partial charge on any atom is 0.169 e. The normalized spacial score (nSPS) is 11.9. The van der Waals surface area contributed by atoms with Gasteiger partial charge < -0.3 is 4.40 Å². The first-order chi connectivity index (χ1) is 6.98. The van der Waals surface area contributed by atoms with Gasteiger partial charge in [0, 0.05) is 28.9 Å². The minimum atomic E-state index is -0.315. The first-order valence-electron chi connectivity index (χ1n) is 5.10. The molecule has 0 saturated heterocycles. The van der Waals surface area contributed by atoms with E-state index in [9.17, 15) is 4.79 Å². The van der Waals surface area contributed by atoms with Gasteiger partial charge in [-0.25, -0.2) is 0 Å². The van der Waals surface area contributed by atoms with Crippen molar-refractivity contribution < 1.29 is 4.79 Å². The molecule has 15 heavy (non-hydrogen) atoms. The van der Waals surface area contributed by atoms with Crippen LogP contribution in [-0.2, 0) is 0 Å². The maximum absolute atomic E-state index is 12.0. The minimum Gasteiger partial charge on any atom is -0.323 e. The van der Waals surface area contributed by atoms with Gasteiger partial charge in [0.05, 0.1) is 0 Å². The average Bonchev–Trinajstić information content (AvgIpc) is 2.58. The Hall–Kier alpha value is -1.57. The molecule has 2 rings (SSSR count). The lowest BCUT2D eigenvalue weighted by Crippen LogP contribution is -2.19. The molecule has 0 aliphatic rings. The molecule has 0 unspecified atom stereocenters. The Morgan fingerprint density at radius 2 is 2.00 bits per heavy atom. The van der Waals surface area contributed by atoms with E-state index < -0.39 is 0 Å². The Bertz CT molecular complexity index is 469. The zero-order chi connectivity index (χ0) is 11.1. The van der Waals surface area contributed by atoms with E-state index in [0.29, 0.717) is 0 Å². The summed E-state index contributed by atoms with van der Waals surface area (Å²) in [4.78, 5) is 12.0. The highest BCUT2D eigenvalue weighted by atomic mass is 16.1. The summed E-state index contributed by atoms with van der Waals surface area (Å²) in [6, 6.07) is 7.87. The van der Waals surface area contributed by atoms with Gasteiger partial charge in [-0.1, -0.05) is 26.8 Å². The molecule has 0 N–H and O–H groups in total. The molecule has 0 aliphatic heterocycles. The molecule has 0 saturated carbocycles. The molecule has 0 spiro atoms. The average molecular weight is 201 g/mol. The molecule has 2 heterocycles.